The molecule has 2 heterocycles. The fourth-order valence-corrected chi connectivity index (χ4v) is 3.74. The lowest BCUT2D eigenvalue weighted by atomic mass is 10.1. The molecule has 1 aliphatic heterocycles. The third-order valence-electron chi connectivity index (χ3n) is 4.40. The topological polar surface area (TPSA) is 42.4 Å². The number of nitrogens with zero attached hydrogens (tertiary/aromatic N) is 2. The van der Waals surface area contributed by atoms with Crippen LogP contribution in [0.25, 0.3) is 0 Å². The molecular formula is C19H26N4S. The van der Waals surface area contributed by atoms with Crippen molar-refractivity contribution in [3.05, 3.63) is 46.2 Å². The third kappa shape index (κ3) is 4.16. The molecule has 128 valence electrons. The van der Waals surface area contributed by atoms with Gasteiger partial charge >= 0.3 is 0 Å². The average molecular weight is 343 g/mol. The first-order valence-electron chi connectivity index (χ1n) is 8.55. The second-order valence-corrected chi connectivity index (χ2v) is 7.52. The van der Waals surface area contributed by atoms with Crippen molar-refractivity contribution in [2.24, 2.45) is 0 Å². The number of anilines is 2. The van der Waals surface area contributed by atoms with E-state index in [-0.39, 0.29) is 0 Å². The summed E-state index contributed by atoms with van der Waals surface area (Å²) in [5, 5.41) is 13.4. The van der Waals surface area contributed by atoms with Crippen LogP contribution in [0.2, 0.25) is 0 Å². The molecule has 2 N–H and O–H groups in total. The fourth-order valence-electron chi connectivity index (χ4n) is 3.11. The summed E-state index contributed by atoms with van der Waals surface area (Å²) in [6, 6.07) is 10.5. The number of rotatable bonds is 7. The van der Waals surface area contributed by atoms with Crippen LogP contribution in [0.4, 0.5) is 11.4 Å². The molecule has 0 atom stereocenters. The zero-order chi connectivity index (χ0) is 16.9. The van der Waals surface area contributed by atoms with E-state index in [0.29, 0.717) is 5.84 Å². The van der Waals surface area contributed by atoms with Gasteiger partial charge in [-0.3, -0.25) is 5.41 Å². The van der Waals surface area contributed by atoms with Crippen molar-refractivity contribution < 1.29 is 0 Å². The molecular weight excluding hydrogens is 316 g/mol. The minimum atomic E-state index is 0.473. The van der Waals surface area contributed by atoms with Crippen LogP contribution in [0, 0.1) is 5.41 Å². The van der Waals surface area contributed by atoms with Crippen LogP contribution in [-0.2, 0) is 6.42 Å². The number of unbranched alkanes of at least 4 members (excludes halogenated alkanes) is 1. The molecule has 3 rings (SSSR count). The molecule has 0 bridgehead atoms. The van der Waals surface area contributed by atoms with Crippen LogP contribution in [0.3, 0.4) is 0 Å². The normalized spacial score (nSPS) is 13.4. The summed E-state index contributed by atoms with van der Waals surface area (Å²) < 4.78 is 0. The Morgan fingerprint density at radius 3 is 2.92 bits per heavy atom. The molecule has 0 fully saturated rings. The maximum atomic E-state index is 8.19. The molecule has 0 spiro atoms. The van der Waals surface area contributed by atoms with Gasteiger partial charge in [-0.25, -0.2) is 0 Å². The van der Waals surface area contributed by atoms with Gasteiger partial charge < -0.3 is 15.1 Å². The Balaban J connectivity index is 1.62. The fraction of sp³-hybridized carbons (Fsp3) is 0.421. The van der Waals surface area contributed by atoms with Gasteiger partial charge in [0, 0.05) is 24.5 Å². The summed E-state index contributed by atoms with van der Waals surface area (Å²) in [4.78, 5) is 5.71. The largest absolute Gasteiger partial charge is 0.371 e. The molecule has 1 aliphatic rings. The molecule has 24 heavy (non-hydrogen) atoms. The molecule has 0 radical (unpaired) electrons. The van der Waals surface area contributed by atoms with Crippen LogP contribution in [0.1, 0.15) is 23.3 Å². The lowest BCUT2D eigenvalue weighted by Crippen LogP contribution is -2.23. The smallest absolute Gasteiger partial charge is 0.140 e. The lowest BCUT2D eigenvalue weighted by Gasteiger charge is -2.20. The second kappa shape index (κ2) is 7.81. The molecule has 4 nitrogen and oxygen atoms in total. The predicted octanol–water partition coefficient (Wildman–Crippen LogP) is 3.89. The van der Waals surface area contributed by atoms with E-state index in [1.165, 1.54) is 24.1 Å². The Morgan fingerprint density at radius 1 is 1.29 bits per heavy atom. The highest BCUT2D eigenvalue weighted by molar-refractivity contribution is 7.12. The summed E-state index contributed by atoms with van der Waals surface area (Å²) in [6.07, 6.45) is 3.59. The zero-order valence-electron chi connectivity index (χ0n) is 14.5. The number of hydrogen-bond acceptors (Lipinski definition) is 4. The SMILES string of the molecule is CN(C)CCCCN1CCc2ccc(NC(=N)c3cccs3)cc21. The van der Waals surface area contributed by atoms with Gasteiger partial charge in [-0.05, 0) is 69.0 Å². The van der Waals surface area contributed by atoms with Crippen molar-refractivity contribution in [2.75, 3.05) is 43.9 Å². The van der Waals surface area contributed by atoms with Crippen LogP contribution >= 0.6 is 11.3 Å². The number of fused-ring (bicyclic) bond motifs is 1. The molecule has 1 aromatic carbocycles. The van der Waals surface area contributed by atoms with Crippen molar-refractivity contribution in [3.8, 4) is 0 Å². The van der Waals surface area contributed by atoms with E-state index in [4.69, 9.17) is 5.41 Å². The number of thiophene rings is 1. The van der Waals surface area contributed by atoms with Crippen molar-refractivity contribution in [1.82, 2.24) is 4.90 Å². The Morgan fingerprint density at radius 2 is 2.17 bits per heavy atom. The minimum Gasteiger partial charge on any atom is -0.371 e. The molecule has 0 amide bonds. The molecule has 0 saturated heterocycles. The van der Waals surface area contributed by atoms with Crippen molar-refractivity contribution in [2.45, 2.75) is 19.3 Å². The van der Waals surface area contributed by atoms with Crippen molar-refractivity contribution >= 4 is 28.5 Å². The van der Waals surface area contributed by atoms with Gasteiger partial charge in [-0.15, -0.1) is 11.3 Å². The van der Waals surface area contributed by atoms with Crippen LogP contribution in [0.5, 0.6) is 0 Å². The van der Waals surface area contributed by atoms with Gasteiger partial charge in [0.2, 0.25) is 0 Å². The van der Waals surface area contributed by atoms with E-state index >= 15 is 0 Å². The number of benzene rings is 1. The zero-order valence-corrected chi connectivity index (χ0v) is 15.3. The lowest BCUT2D eigenvalue weighted by molar-refractivity contribution is 0.395. The Labute approximate surface area is 148 Å². The maximum Gasteiger partial charge on any atom is 0.140 e. The number of amidine groups is 1. The quantitative estimate of drug-likeness (QED) is 0.456. The van der Waals surface area contributed by atoms with Crippen molar-refractivity contribution in [3.63, 3.8) is 0 Å². The highest BCUT2D eigenvalue weighted by Gasteiger charge is 2.19. The average Bonchev–Trinajstić information content (AvgIpc) is 3.21. The van der Waals surface area contributed by atoms with E-state index in [9.17, 15) is 0 Å². The van der Waals surface area contributed by atoms with E-state index in [2.05, 4.69) is 47.4 Å². The van der Waals surface area contributed by atoms with Gasteiger partial charge in [0.1, 0.15) is 5.84 Å². The van der Waals surface area contributed by atoms with E-state index < -0.39 is 0 Å². The standard InChI is InChI=1S/C19H26N4S/c1-22(2)10-3-4-11-23-12-9-15-7-8-16(14-17(15)23)21-19(20)18-6-5-13-24-18/h5-8,13-14H,3-4,9-12H2,1-2H3,(H2,20,21). The molecule has 1 aromatic heterocycles. The van der Waals surface area contributed by atoms with E-state index in [0.717, 1.165) is 36.6 Å². The first-order chi connectivity index (χ1) is 11.6. The van der Waals surface area contributed by atoms with Crippen LogP contribution < -0.4 is 10.2 Å². The third-order valence-corrected chi connectivity index (χ3v) is 5.28. The first-order valence-corrected chi connectivity index (χ1v) is 9.43. The minimum absolute atomic E-state index is 0.473. The molecule has 0 saturated carbocycles. The molecule has 5 heteroatoms. The maximum absolute atomic E-state index is 8.19. The van der Waals surface area contributed by atoms with Gasteiger partial charge in [-0.2, -0.15) is 0 Å². The van der Waals surface area contributed by atoms with Gasteiger partial charge in [0.25, 0.3) is 0 Å². The van der Waals surface area contributed by atoms with E-state index in [1.807, 2.05) is 17.5 Å². The molecule has 0 aliphatic carbocycles. The monoisotopic (exact) mass is 342 g/mol. The first kappa shape index (κ1) is 17.0. The van der Waals surface area contributed by atoms with Crippen LogP contribution in [0.15, 0.2) is 35.7 Å². The number of hydrogen-bond donors (Lipinski definition) is 2. The van der Waals surface area contributed by atoms with Crippen molar-refractivity contribution in [1.29, 1.82) is 5.41 Å². The van der Waals surface area contributed by atoms with Gasteiger partial charge in [0.05, 0.1) is 4.88 Å². The highest BCUT2D eigenvalue weighted by atomic mass is 32.1. The second-order valence-electron chi connectivity index (χ2n) is 6.57. The predicted molar refractivity (Wildman–Crippen MR) is 105 cm³/mol. The van der Waals surface area contributed by atoms with Gasteiger partial charge in [-0.1, -0.05) is 12.1 Å². The summed E-state index contributed by atoms with van der Waals surface area (Å²) >= 11 is 1.59. The molecule has 2 aromatic rings. The van der Waals surface area contributed by atoms with Crippen LogP contribution in [-0.4, -0.2) is 44.5 Å². The Bertz CT molecular complexity index is 679. The summed E-state index contributed by atoms with van der Waals surface area (Å²) in [5.74, 6) is 0.473. The Hall–Kier alpha value is -1.85. The summed E-state index contributed by atoms with van der Waals surface area (Å²) in [7, 11) is 4.26. The summed E-state index contributed by atoms with van der Waals surface area (Å²) in [5.41, 5.74) is 3.77. The van der Waals surface area contributed by atoms with Gasteiger partial charge in [0.15, 0.2) is 0 Å². The molecule has 0 unspecified atom stereocenters. The highest BCUT2D eigenvalue weighted by Crippen LogP contribution is 2.31. The Kier molecular flexibility index (Phi) is 5.53. The number of nitrogens with one attached hydrogen (secondary N) is 2. The van der Waals surface area contributed by atoms with E-state index in [1.54, 1.807) is 11.3 Å². The summed E-state index contributed by atoms with van der Waals surface area (Å²) in [6.45, 7) is 3.38.